The molecular weight excluding hydrogens is 356 g/mol. The number of sulfonamides is 1. The number of amides is 1. The monoisotopic (exact) mass is 384 g/mol. The van der Waals surface area contributed by atoms with E-state index in [1.165, 1.54) is 0 Å². The molecule has 1 amide bonds. The molecule has 2 aliphatic rings. The molecule has 0 radical (unpaired) electrons. The number of carbonyl (C=O) groups excluding carboxylic acids is 1. The predicted molar refractivity (Wildman–Crippen MR) is 97.1 cm³/mol. The molecule has 0 bridgehead atoms. The Balaban J connectivity index is 1.60. The molecule has 0 spiro atoms. The van der Waals surface area contributed by atoms with Gasteiger partial charge in [0, 0.05) is 30.6 Å². The molecule has 1 saturated carbocycles. The topological polar surface area (TPSA) is 119 Å². The lowest BCUT2D eigenvalue weighted by Crippen LogP contribution is -2.55. The first-order valence-electron chi connectivity index (χ1n) is 9.29. The molecule has 3 atom stereocenters. The number of piperidine rings is 1. The van der Waals surface area contributed by atoms with E-state index in [1.807, 2.05) is 13.8 Å². The lowest BCUT2D eigenvalue weighted by Gasteiger charge is -2.40. The first-order chi connectivity index (χ1) is 12.3. The van der Waals surface area contributed by atoms with Crippen LogP contribution in [0.5, 0.6) is 0 Å². The fourth-order valence-electron chi connectivity index (χ4n) is 3.48. The molecule has 9 heteroatoms. The van der Waals surface area contributed by atoms with Crippen molar-refractivity contribution in [3.05, 3.63) is 17.5 Å². The van der Waals surface area contributed by atoms with Crippen molar-refractivity contribution in [1.29, 1.82) is 0 Å². The average molecular weight is 385 g/mol. The summed E-state index contributed by atoms with van der Waals surface area (Å²) in [6.45, 7) is 4.59. The van der Waals surface area contributed by atoms with E-state index in [4.69, 9.17) is 10.3 Å². The summed E-state index contributed by atoms with van der Waals surface area (Å²) in [5, 5.41) is 6.87. The summed E-state index contributed by atoms with van der Waals surface area (Å²) in [5.74, 6) is 1.00. The predicted octanol–water partition coefficient (Wildman–Crippen LogP) is 1.06. The van der Waals surface area contributed by atoms with Gasteiger partial charge < -0.3 is 15.6 Å². The van der Waals surface area contributed by atoms with Gasteiger partial charge in [-0.25, -0.2) is 8.42 Å². The molecule has 0 unspecified atom stereocenters. The van der Waals surface area contributed by atoms with Crippen molar-refractivity contribution in [2.45, 2.75) is 57.5 Å². The average Bonchev–Trinajstić information content (AvgIpc) is 3.32. The molecule has 0 aromatic carbocycles. The van der Waals surface area contributed by atoms with Crippen molar-refractivity contribution in [3.63, 3.8) is 0 Å². The fourth-order valence-corrected chi connectivity index (χ4v) is 5.34. The highest BCUT2D eigenvalue weighted by molar-refractivity contribution is 7.89. The Labute approximate surface area is 154 Å². The standard InChI is InChI=1S/C17H28N4O4S/c1-11-10-21(26(23,24)7-3-6-18)12(2)8-14(11)19-17(22)15-9-16(25-20-15)13-4-5-13/h9,11-14H,3-8,10,18H2,1-2H3,(H,19,22)/t11-,12-,14+/m0/s1. The van der Waals surface area contributed by atoms with Crippen molar-refractivity contribution in [2.24, 2.45) is 11.7 Å². The quantitative estimate of drug-likeness (QED) is 0.725. The molecule has 1 aliphatic carbocycles. The molecular formula is C17H28N4O4S. The van der Waals surface area contributed by atoms with Gasteiger partial charge in [0.2, 0.25) is 10.0 Å². The summed E-state index contributed by atoms with van der Waals surface area (Å²) in [7, 11) is -3.32. The maximum atomic E-state index is 12.5. The zero-order chi connectivity index (χ0) is 18.9. The number of hydrogen-bond acceptors (Lipinski definition) is 6. The van der Waals surface area contributed by atoms with Crippen LogP contribution in [0.4, 0.5) is 0 Å². The van der Waals surface area contributed by atoms with E-state index in [0.29, 0.717) is 37.5 Å². The first kappa shape index (κ1) is 19.3. The second kappa shape index (κ2) is 7.66. The Hall–Kier alpha value is -1.45. The van der Waals surface area contributed by atoms with Crippen LogP contribution in [-0.4, -0.2) is 54.7 Å². The summed E-state index contributed by atoms with van der Waals surface area (Å²) in [6.07, 6.45) is 3.20. The van der Waals surface area contributed by atoms with E-state index in [-0.39, 0.29) is 29.7 Å². The molecule has 1 aromatic rings. The van der Waals surface area contributed by atoms with E-state index in [9.17, 15) is 13.2 Å². The van der Waals surface area contributed by atoms with Crippen molar-refractivity contribution in [2.75, 3.05) is 18.8 Å². The third-order valence-corrected chi connectivity index (χ3v) is 7.29. The second-order valence-corrected chi connectivity index (χ2v) is 9.60. The second-order valence-electron chi connectivity index (χ2n) is 7.56. The van der Waals surface area contributed by atoms with E-state index >= 15 is 0 Å². The number of rotatable bonds is 7. The summed E-state index contributed by atoms with van der Waals surface area (Å²) < 4.78 is 31.8. The number of aromatic nitrogens is 1. The smallest absolute Gasteiger partial charge is 0.273 e. The normalized spacial score (nSPS) is 27.4. The maximum Gasteiger partial charge on any atom is 0.273 e. The van der Waals surface area contributed by atoms with Gasteiger partial charge >= 0.3 is 0 Å². The maximum absolute atomic E-state index is 12.5. The van der Waals surface area contributed by atoms with E-state index in [1.54, 1.807) is 10.4 Å². The van der Waals surface area contributed by atoms with E-state index < -0.39 is 10.0 Å². The lowest BCUT2D eigenvalue weighted by atomic mass is 9.91. The van der Waals surface area contributed by atoms with Gasteiger partial charge in [-0.05, 0) is 45.1 Å². The molecule has 26 heavy (non-hydrogen) atoms. The number of nitrogens with zero attached hydrogens (tertiary/aromatic N) is 2. The highest BCUT2D eigenvalue weighted by atomic mass is 32.2. The third kappa shape index (κ3) is 4.27. The minimum Gasteiger partial charge on any atom is -0.360 e. The lowest BCUT2D eigenvalue weighted by molar-refractivity contribution is 0.0871. The Bertz CT molecular complexity index is 744. The SMILES string of the molecule is C[C@H]1CN(S(=O)(=O)CCCN)[C@@H](C)C[C@H]1NC(=O)c1cc(C2CC2)on1. The van der Waals surface area contributed by atoms with Crippen LogP contribution in [0.25, 0.3) is 0 Å². The largest absolute Gasteiger partial charge is 0.360 e. The van der Waals surface area contributed by atoms with Crippen molar-refractivity contribution < 1.29 is 17.7 Å². The molecule has 3 rings (SSSR count). The zero-order valence-electron chi connectivity index (χ0n) is 15.3. The van der Waals surface area contributed by atoms with Gasteiger partial charge in [0.1, 0.15) is 5.76 Å². The van der Waals surface area contributed by atoms with Crippen LogP contribution in [0.15, 0.2) is 10.6 Å². The van der Waals surface area contributed by atoms with Gasteiger partial charge in [-0.2, -0.15) is 4.31 Å². The number of nitrogens with one attached hydrogen (secondary N) is 1. The van der Waals surface area contributed by atoms with Crippen LogP contribution in [0, 0.1) is 5.92 Å². The molecule has 146 valence electrons. The van der Waals surface area contributed by atoms with E-state index in [2.05, 4.69) is 10.5 Å². The molecule has 2 fully saturated rings. The number of hydrogen-bond donors (Lipinski definition) is 2. The minimum atomic E-state index is -3.32. The summed E-state index contributed by atoms with van der Waals surface area (Å²) in [6, 6.07) is 1.45. The van der Waals surface area contributed by atoms with Crippen molar-refractivity contribution in [1.82, 2.24) is 14.8 Å². The Morgan fingerprint density at radius 1 is 1.42 bits per heavy atom. The Morgan fingerprint density at radius 3 is 2.81 bits per heavy atom. The van der Waals surface area contributed by atoms with Crippen molar-refractivity contribution in [3.8, 4) is 0 Å². The van der Waals surface area contributed by atoms with Gasteiger partial charge in [-0.3, -0.25) is 4.79 Å². The van der Waals surface area contributed by atoms with Gasteiger partial charge in [0.05, 0.1) is 5.75 Å². The summed E-state index contributed by atoms with van der Waals surface area (Å²) >= 11 is 0. The van der Waals surface area contributed by atoms with Gasteiger partial charge in [-0.1, -0.05) is 12.1 Å². The molecule has 8 nitrogen and oxygen atoms in total. The minimum absolute atomic E-state index is 0.0117. The Kier molecular flexibility index (Phi) is 5.69. The molecule has 2 heterocycles. The first-order valence-corrected chi connectivity index (χ1v) is 10.9. The van der Waals surface area contributed by atoms with Crippen LogP contribution in [-0.2, 0) is 10.0 Å². The van der Waals surface area contributed by atoms with Crippen LogP contribution in [0.2, 0.25) is 0 Å². The van der Waals surface area contributed by atoms with Gasteiger partial charge in [-0.15, -0.1) is 0 Å². The van der Waals surface area contributed by atoms with E-state index in [0.717, 1.165) is 18.6 Å². The van der Waals surface area contributed by atoms with Crippen LogP contribution in [0.3, 0.4) is 0 Å². The van der Waals surface area contributed by atoms with Crippen LogP contribution in [0.1, 0.15) is 61.7 Å². The molecule has 3 N–H and O–H groups in total. The Morgan fingerprint density at radius 2 is 2.15 bits per heavy atom. The third-order valence-electron chi connectivity index (χ3n) is 5.26. The van der Waals surface area contributed by atoms with Crippen LogP contribution < -0.4 is 11.1 Å². The highest BCUT2D eigenvalue weighted by Gasteiger charge is 2.38. The van der Waals surface area contributed by atoms with Crippen molar-refractivity contribution >= 4 is 15.9 Å². The van der Waals surface area contributed by atoms with Crippen LogP contribution >= 0.6 is 0 Å². The summed E-state index contributed by atoms with van der Waals surface area (Å²) in [5.41, 5.74) is 5.74. The van der Waals surface area contributed by atoms with Gasteiger partial charge in [0.15, 0.2) is 5.69 Å². The summed E-state index contributed by atoms with van der Waals surface area (Å²) in [4.78, 5) is 12.5. The molecule has 1 aromatic heterocycles. The zero-order valence-corrected chi connectivity index (χ0v) is 16.2. The fraction of sp³-hybridized carbons (Fsp3) is 0.765. The number of nitrogens with two attached hydrogens (primary N) is 1. The van der Waals surface area contributed by atoms with Gasteiger partial charge in [0.25, 0.3) is 5.91 Å². The number of carbonyl (C=O) groups is 1. The molecule has 1 saturated heterocycles. The highest BCUT2D eigenvalue weighted by Crippen LogP contribution is 2.40. The molecule has 1 aliphatic heterocycles.